The van der Waals surface area contributed by atoms with E-state index in [2.05, 4.69) is 0 Å². The number of rotatable bonds is 4. The number of nitrogens with zero attached hydrogens (tertiary/aromatic N) is 2. The van der Waals surface area contributed by atoms with Crippen LogP contribution in [0, 0.1) is 18.3 Å². The molecule has 4 heteroatoms. The van der Waals surface area contributed by atoms with E-state index in [0.717, 1.165) is 5.56 Å². The minimum atomic E-state index is -0.305. The minimum absolute atomic E-state index is 0.0542. The van der Waals surface area contributed by atoms with E-state index in [1.807, 2.05) is 44.1 Å². The van der Waals surface area contributed by atoms with Gasteiger partial charge in [0.25, 0.3) is 0 Å². The Balaban J connectivity index is 2.30. The van der Waals surface area contributed by atoms with Crippen LogP contribution in [0.1, 0.15) is 21.7 Å². The molecule has 21 heavy (non-hydrogen) atoms. The van der Waals surface area contributed by atoms with Gasteiger partial charge in [0.05, 0.1) is 0 Å². The standard InChI is InChI=1S/C17H16N2O2/c1-12-4-6-13(7-5-12)17(20)14(11-18)10-15-8-9-16(21-15)19(2)3/h4-10H,1-3H3/b14-10+. The summed E-state index contributed by atoms with van der Waals surface area (Å²) >= 11 is 0. The number of hydrogen-bond donors (Lipinski definition) is 0. The van der Waals surface area contributed by atoms with Crippen molar-refractivity contribution < 1.29 is 9.21 Å². The molecule has 0 atom stereocenters. The van der Waals surface area contributed by atoms with Crippen molar-refractivity contribution in [2.75, 3.05) is 19.0 Å². The number of anilines is 1. The number of ketones is 1. The van der Waals surface area contributed by atoms with Crippen LogP contribution in [0.2, 0.25) is 0 Å². The van der Waals surface area contributed by atoms with Crippen LogP contribution in [0.15, 0.2) is 46.4 Å². The van der Waals surface area contributed by atoms with Gasteiger partial charge < -0.3 is 9.32 Å². The molecule has 0 bridgehead atoms. The average molecular weight is 280 g/mol. The van der Waals surface area contributed by atoms with E-state index >= 15 is 0 Å². The molecule has 1 heterocycles. The van der Waals surface area contributed by atoms with Gasteiger partial charge in [0.15, 0.2) is 5.88 Å². The molecule has 0 unspecified atom stereocenters. The quantitative estimate of drug-likeness (QED) is 0.489. The first-order valence-electron chi connectivity index (χ1n) is 6.51. The van der Waals surface area contributed by atoms with E-state index in [1.54, 1.807) is 24.3 Å². The van der Waals surface area contributed by atoms with Crippen LogP contribution < -0.4 is 4.90 Å². The highest BCUT2D eigenvalue weighted by Crippen LogP contribution is 2.19. The fraction of sp³-hybridized carbons (Fsp3) is 0.176. The van der Waals surface area contributed by atoms with Crippen LogP contribution in [0.25, 0.3) is 6.08 Å². The third-order valence-electron chi connectivity index (χ3n) is 3.02. The van der Waals surface area contributed by atoms with Crippen LogP contribution in [0.3, 0.4) is 0 Å². The lowest BCUT2D eigenvalue weighted by molar-refractivity contribution is 0.104. The molecule has 1 aromatic heterocycles. The van der Waals surface area contributed by atoms with E-state index in [9.17, 15) is 10.1 Å². The first-order chi connectivity index (χ1) is 10.0. The van der Waals surface area contributed by atoms with Crippen LogP contribution in [0.4, 0.5) is 5.88 Å². The summed E-state index contributed by atoms with van der Waals surface area (Å²) in [4.78, 5) is 14.1. The summed E-state index contributed by atoms with van der Waals surface area (Å²) in [5, 5.41) is 9.20. The summed E-state index contributed by atoms with van der Waals surface area (Å²) in [6.07, 6.45) is 1.47. The largest absolute Gasteiger partial charge is 0.441 e. The second kappa shape index (κ2) is 6.10. The first kappa shape index (κ1) is 14.6. The van der Waals surface area contributed by atoms with Crippen molar-refractivity contribution in [1.82, 2.24) is 0 Å². The second-order valence-corrected chi connectivity index (χ2v) is 4.94. The first-order valence-corrected chi connectivity index (χ1v) is 6.51. The molecule has 0 aliphatic heterocycles. The number of hydrogen-bond acceptors (Lipinski definition) is 4. The monoisotopic (exact) mass is 280 g/mol. The van der Waals surface area contributed by atoms with Crippen LogP contribution in [-0.2, 0) is 0 Å². The van der Waals surface area contributed by atoms with Crippen molar-refractivity contribution in [3.05, 3.63) is 58.9 Å². The maximum atomic E-state index is 12.3. The van der Waals surface area contributed by atoms with Crippen LogP contribution in [-0.4, -0.2) is 19.9 Å². The second-order valence-electron chi connectivity index (χ2n) is 4.94. The van der Waals surface area contributed by atoms with E-state index in [0.29, 0.717) is 17.2 Å². The summed E-state index contributed by atoms with van der Waals surface area (Å²) in [7, 11) is 3.71. The van der Waals surface area contributed by atoms with Gasteiger partial charge in [0, 0.05) is 31.8 Å². The van der Waals surface area contributed by atoms with E-state index in [4.69, 9.17) is 4.42 Å². The maximum absolute atomic E-state index is 12.3. The number of furan rings is 1. The molecule has 2 rings (SSSR count). The SMILES string of the molecule is Cc1ccc(C(=O)/C(C#N)=C/c2ccc(N(C)C)o2)cc1. The fourth-order valence-corrected chi connectivity index (χ4v) is 1.81. The lowest BCUT2D eigenvalue weighted by atomic mass is 10.0. The van der Waals surface area contributed by atoms with Gasteiger partial charge in [-0.15, -0.1) is 0 Å². The van der Waals surface area contributed by atoms with Gasteiger partial charge in [-0.05, 0) is 13.0 Å². The Kier molecular flexibility index (Phi) is 4.24. The molecular weight excluding hydrogens is 264 g/mol. The Morgan fingerprint density at radius 3 is 2.38 bits per heavy atom. The normalized spacial score (nSPS) is 11.0. The van der Waals surface area contributed by atoms with Crippen molar-refractivity contribution in [2.45, 2.75) is 6.92 Å². The number of Topliss-reactive ketones (excluding diaryl/α,β-unsaturated/α-hetero) is 1. The molecule has 0 saturated carbocycles. The Labute approximate surface area is 123 Å². The molecule has 106 valence electrons. The smallest absolute Gasteiger partial charge is 0.203 e. The minimum Gasteiger partial charge on any atom is -0.441 e. The zero-order chi connectivity index (χ0) is 15.4. The number of nitriles is 1. The molecule has 2 aromatic rings. The Morgan fingerprint density at radius 2 is 1.86 bits per heavy atom. The maximum Gasteiger partial charge on any atom is 0.203 e. The van der Waals surface area contributed by atoms with Gasteiger partial charge in [0.1, 0.15) is 17.4 Å². The van der Waals surface area contributed by atoms with Gasteiger partial charge in [-0.3, -0.25) is 4.79 Å². The van der Waals surface area contributed by atoms with Gasteiger partial charge in [0.2, 0.25) is 5.78 Å². The highest BCUT2D eigenvalue weighted by Gasteiger charge is 2.13. The molecule has 0 aliphatic carbocycles. The summed E-state index contributed by atoms with van der Waals surface area (Å²) in [5.41, 5.74) is 1.61. The lowest BCUT2D eigenvalue weighted by Gasteiger charge is -2.06. The lowest BCUT2D eigenvalue weighted by Crippen LogP contribution is -2.06. The molecule has 0 aliphatic rings. The Bertz CT molecular complexity index is 716. The molecular formula is C17H16N2O2. The van der Waals surface area contributed by atoms with Gasteiger partial charge >= 0.3 is 0 Å². The summed E-state index contributed by atoms with van der Waals surface area (Å²) in [5.74, 6) is 0.845. The van der Waals surface area contributed by atoms with Gasteiger partial charge in [-0.2, -0.15) is 5.26 Å². The van der Waals surface area contributed by atoms with Crippen molar-refractivity contribution in [3.63, 3.8) is 0 Å². The van der Waals surface area contributed by atoms with E-state index in [1.165, 1.54) is 6.08 Å². The van der Waals surface area contributed by atoms with Crippen molar-refractivity contribution >= 4 is 17.7 Å². The van der Waals surface area contributed by atoms with Gasteiger partial charge in [-0.1, -0.05) is 29.8 Å². The highest BCUT2D eigenvalue weighted by molar-refractivity contribution is 6.13. The molecule has 0 fully saturated rings. The molecule has 4 nitrogen and oxygen atoms in total. The van der Waals surface area contributed by atoms with E-state index < -0.39 is 0 Å². The van der Waals surface area contributed by atoms with Crippen molar-refractivity contribution in [2.24, 2.45) is 0 Å². The fourth-order valence-electron chi connectivity index (χ4n) is 1.81. The zero-order valence-corrected chi connectivity index (χ0v) is 12.3. The number of aryl methyl sites for hydroxylation is 1. The molecule has 1 aromatic carbocycles. The zero-order valence-electron chi connectivity index (χ0n) is 12.3. The summed E-state index contributed by atoms with van der Waals surface area (Å²) < 4.78 is 5.53. The number of carbonyl (C=O) groups is 1. The summed E-state index contributed by atoms with van der Waals surface area (Å²) in [6.45, 7) is 1.95. The topological polar surface area (TPSA) is 57.2 Å². The number of benzene rings is 1. The Hall–Kier alpha value is -2.80. The third kappa shape index (κ3) is 3.40. The van der Waals surface area contributed by atoms with Crippen molar-refractivity contribution in [3.8, 4) is 6.07 Å². The molecule has 0 saturated heterocycles. The average Bonchev–Trinajstić information content (AvgIpc) is 2.93. The van der Waals surface area contributed by atoms with Gasteiger partial charge in [-0.25, -0.2) is 0 Å². The number of allylic oxidation sites excluding steroid dienone is 1. The van der Waals surface area contributed by atoms with E-state index in [-0.39, 0.29) is 11.4 Å². The Morgan fingerprint density at radius 1 is 1.19 bits per heavy atom. The molecule has 0 N–H and O–H groups in total. The molecule has 0 spiro atoms. The van der Waals surface area contributed by atoms with Crippen LogP contribution >= 0.6 is 0 Å². The van der Waals surface area contributed by atoms with Crippen molar-refractivity contribution in [1.29, 1.82) is 5.26 Å². The van der Waals surface area contributed by atoms with Crippen LogP contribution in [0.5, 0.6) is 0 Å². The predicted molar refractivity (Wildman–Crippen MR) is 82.1 cm³/mol. The third-order valence-corrected chi connectivity index (χ3v) is 3.02. The highest BCUT2D eigenvalue weighted by atomic mass is 16.4. The molecule has 0 amide bonds. The summed E-state index contributed by atoms with van der Waals surface area (Å²) in [6, 6.07) is 12.6. The number of carbonyl (C=O) groups excluding carboxylic acids is 1. The predicted octanol–water partition coefficient (Wildman–Crippen LogP) is 3.44. The molecule has 0 radical (unpaired) electrons.